The van der Waals surface area contributed by atoms with Gasteiger partial charge < -0.3 is 19.7 Å². The van der Waals surface area contributed by atoms with E-state index in [1.165, 1.54) is 44.9 Å². The van der Waals surface area contributed by atoms with E-state index < -0.39 is 11.8 Å². The number of ether oxygens (including phenoxy) is 2. The Morgan fingerprint density at radius 3 is 2.54 bits per heavy atom. The van der Waals surface area contributed by atoms with Gasteiger partial charge in [-0.25, -0.2) is 24.1 Å². The van der Waals surface area contributed by atoms with Crippen molar-refractivity contribution in [3.8, 4) is 17.1 Å². The van der Waals surface area contributed by atoms with Gasteiger partial charge in [-0.05, 0) is 44.0 Å². The topological polar surface area (TPSA) is 107 Å². The van der Waals surface area contributed by atoms with Crippen LogP contribution in [0.4, 0.5) is 10.2 Å². The van der Waals surface area contributed by atoms with E-state index in [-0.39, 0.29) is 40.5 Å². The Hall–Kier alpha value is -4.08. The molecule has 9 nitrogen and oxygen atoms in total. The van der Waals surface area contributed by atoms with E-state index in [2.05, 4.69) is 20.3 Å². The number of benzene rings is 1. The van der Waals surface area contributed by atoms with E-state index in [1.54, 1.807) is 23.1 Å². The number of hydrogen-bond acceptors (Lipinski definition) is 8. The average molecular weight is 480 g/mol. The van der Waals surface area contributed by atoms with Crippen molar-refractivity contribution in [3.63, 3.8) is 0 Å². The van der Waals surface area contributed by atoms with Crippen LogP contribution in [0.25, 0.3) is 11.4 Å². The van der Waals surface area contributed by atoms with Gasteiger partial charge >= 0.3 is 5.97 Å². The summed E-state index contributed by atoms with van der Waals surface area (Å²) in [5, 5.41) is 3.27. The molecule has 1 aromatic carbocycles. The van der Waals surface area contributed by atoms with Crippen molar-refractivity contribution in [1.82, 2.24) is 19.9 Å². The molecule has 1 saturated heterocycles. The van der Waals surface area contributed by atoms with Crippen molar-refractivity contribution in [2.24, 2.45) is 0 Å². The standard InChI is InChI=1S/C25H26FN5O4/c1-15-8-9-16(30-23-21(25(33)35-3)19(34-2)10-13-29-23)14-31(15)24(32)17-6-4-7-18(26)20(17)22-27-11-5-12-28-22/h4-7,10-13,15-16H,8-9,14H2,1-3H3,(H,29,30). The molecule has 0 saturated carbocycles. The molecule has 2 unspecified atom stereocenters. The van der Waals surface area contributed by atoms with E-state index in [4.69, 9.17) is 9.47 Å². The highest BCUT2D eigenvalue weighted by atomic mass is 19.1. The number of methoxy groups -OCH3 is 2. The number of hydrogen-bond donors (Lipinski definition) is 1. The van der Waals surface area contributed by atoms with Crippen LogP contribution in [-0.4, -0.2) is 64.6 Å². The Bertz CT molecular complexity index is 1220. The van der Waals surface area contributed by atoms with Crippen molar-refractivity contribution in [2.45, 2.75) is 31.8 Å². The number of nitrogens with one attached hydrogen (secondary N) is 1. The maximum atomic E-state index is 14.8. The van der Waals surface area contributed by atoms with Gasteiger partial charge in [-0.2, -0.15) is 0 Å². The quantitative estimate of drug-likeness (QED) is 0.535. The predicted octanol–water partition coefficient (Wildman–Crippen LogP) is 3.58. The zero-order chi connectivity index (χ0) is 24.9. The molecule has 2 atom stereocenters. The van der Waals surface area contributed by atoms with Crippen molar-refractivity contribution in [2.75, 3.05) is 26.1 Å². The lowest BCUT2D eigenvalue weighted by Gasteiger charge is -2.39. The fourth-order valence-electron chi connectivity index (χ4n) is 4.24. The molecule has 2 aromatic heterocycles. The lowest BCUT2D eigenvalue weighted by atomic mass is 9.96. The van der Waals surface area contributed by atoms with Crippen LogP contribution in [-0.2, 0) is 4.74 Å². The highest BCUT2D eigenvalue weighted by molar-refractivity contribution is 6.00. The molecule has 0 radical (unpaired) electrons. The summed E-state index contributed by atoms with van der Waals surface area (Å²) in [6.07, 6.45) is 5.98. The Morgan fingerprint density at radius 2 is 1.83 bits per heavy atom. The number of piperidine rings is 1. The van der Waals surface area contributed by atoms with Crippen LogP contribution in [0, 0.1) is 5.82 Å². The SMILES string of the molecule is COC(=O)c1c(OC)ccnc1NC1CCC(C)N(C(=O)c2cccc(F)c2-c2ncccn2)C1. The number of esters is 1. The van der Waals surface area contributed by atoms with E-state index >= 15 is 0 Å². The highest BCUT2D eigenvalue weighted by Gasteiger charge is 2.33. The van der Waals surface area contributed by atoms with E-state index in [0.29, 0.717) is 24.5 Å². The summed E-state index contributed by atoms with van der Waals surface area (Å²) in [6.45, 7) is 2.28. The minimum absolute atomic E-state index is 0.0721. The second kappa shape index (κ2) is 10.5. The largest absolute Gasteiger partial charge is 0.496 e. The Labute approximate surface area is 202 Å². The van der Waals surface area contributed by atoms with Crippen molar-refractivity contribution in [3.05, 3.63) is 65.9 Å². The van der Waals surface area contributed by atoms with Crippen molar-refractivity contribution < 1.29 is 23.5 Å². The number of carbonyl (C=O) groups is 2. The smallest absolute Gasteiger partial charge is 0.345 e. The van der Waals surface area contributed by atoms with Crippen LogP contribution < -0.4 is 10.1 Å². The fraction of sp³-hybridized carbons (Fsp3) is 0.320. The first kappa shape index (κ1) is 24.1. The number of carbonyl (C=O) groups excluding carboxylic acids is 2. The first-order chi connectivity index (χ1) is 16.9. The maximum Gasteiger partial charge on any atom is 0.345 e. The van der Waals surface area contributed by atoms with Crippen LogP contribution in [0.5, 0.6) is 5.75 Å². The van der Waals surface area contributed by atoms with Crippen LogP contribution in [0.1, 0.15) is 40.5 Å². The molecule has 3 heterocycles. The van der Waals surface area contributed by atoms with Gasteiger partial charge in [0.15, 0.2) is 5.82 Å². The van der Waals surface area contributed by atoms with Gasteiger partial charge in [-0.1, -0.05) is 6.07 Å². The highest BCUT2D eigenvalue weighted by Crippen LogP contribution is 2.30. The minimum Gasteiger partial charge on any atom is -0.496 e. The predicted molar refractivity (Wildman–Crippen MR) is 127 cm³/mol. The molecule has 3 aromatic rings. The third-order valence-electron chi connectivity index (χ3n) is 6.04. The number of rotatable bonds is 6. The molecular weight excluding hydrogens is 453 g/mol. The molecule has 0 aliphatic carbocycles. The zero-order valence-corrected chi connectivity index (χ0v) is 19.7. The number of pyridine rings is 1. The number of anilines is 1. The Morgan fingerprint density at radius 1 is 1.06 bits per heavy atom. The summed E-state index contributed by atoms with van der Waals surface area (Å²) >= 11 is 0. The average Bonchev–Trinajstić information content (AvgIpc) is 2.89. The molecule has 182 valence electrons. The molecule has 4 rings (SSSR count). The lowest BCUT2D eigenvalue weighted by molar-refractivity contribution is 0.0591. The van der Waals surface area contributed by atoms with Gasteiger partial charge in [-0.3, -0.25) is 4.79 Å². The third-order valence-corrected chi connectivity index (χ3v) is 6.04. The summed E-state index contributed by atoms with van der Waals surface area (Å²) in [7, 11) is 2.75. The van der Waals surface area contributed by atoms with Gasteiger partial charge in [-0.15, -0.1) is 0 Å². The van der Waals surface area contributed by atoms with Gasteiger partial charge in [0, 0.05) is 37.2 Å². The summed E-state index contributed by atoms with van der Waals surface area (Å²) in [4.78, 5) is 40.3. The molecule has 10 heteroatoms. The van der Waals surface area contributed by atoms with Crippen LogP contribution in [0.2, 0.25) is 0 Å². The van der Waals surface area contributed by atoms with E-state index in [0.717, 1.165) is 6.42 Å². The van der Waals surface area contributed by atoms with Gasteiger partial charge in [0.2, 0.25) is 0 Å². The lowest BCUT2D eigenvalue weighted by Crippen LogP contribution is -2.50. The number of nitrogens with zero attached hydrogens (tertiary/aromatic N) is 4. The number of amides is 1. The summed E-state index contributed by atoms with van der Waals surface area (Å²) in [5.74, 6) is -0.674. The molecule has 1 amide bonds. The molecule has 1 aliphatic rings. The Balaban J connectivity index is 1.62. The van der Waals surface area contributed by atoms with E-state index in [9.17, 15) is 14.0 Å². The molecule has 1 aliphatic heterocycles. The number of halogens is 1. The van der Waals surface area contributed by atoms with Crippen molar-refractivity contribution in [1.29, 1.82) is 0 Å². The first-order valence-electron chi connectivity index (χ1n) is 11.2. The third kappa shape index (κ3) is 4.91. The van der Waals surface area contributed by atoms with Crippen molar-refractivity contribution >= 4 is 17.7 Å². The van der Waals surface area contributed by atoms with Crippen LogP contribution in [0.3, 0.4) is 0 Å². The molecule has 1 fully saturated rings. The summed E-state index contributed by atoms with van der Waals surface area (Å²) in [5.41, 5.74) is 0.448. The van der Waals surface area contributed by atoms with Gasteiger partial charge in [0.25, 0.3) is 5.91 Å². The fourth-order valence-corrected chi connectivity index (χ4v) is 4.24. The van der Waals surface area contributed by atoms with E-state index in [1.807, 2.05) is 6.92 Å². The molecule has 0 spiro atoms. The minimum atomic E-state index is -0.582. The first-order valence-corrected chi connectivity index (χ1v) is 11.2. The second-order valence-electron chi connectivity index (χ2n) is 8.19. The normalized spacial score (nSPS) is 17.5. The number of aromatic nitrogens is 3. The molecule has 0 bridgehead atoms. The second-order valence-corrected chi connectivity index (χ2v) is 8.19. The Kier molecular flexibility index (Phi) is 7.19. The molecule has 35 heavy (non-hydrogen) atoms. The summed E-state index contributed by atoms with van der Waals surface area (Å²) in [6, 6.07) is 7.30. The van der Waals surface area contributed by atoms with Gasteiger partial charge in [0.1, 0.15) is 22.9 Å². The monoisotopic (exact) mass is 479 g/mol. The van der Waals surface area contributed by atoms with Crippen LogP contribution in [0.15, 0.2) is 48.9 Å². The zero-order valence-electron chi connectivity index (χ0n) is 19.7. The van der Waals surface area contributed by atoms with Crippen LogP contribution >= 0.6 is 0 Å². The molecule has 1 N–H and O–H groups in total. The number of likely N-dealkylation sites (tertiary alicyclic amines) is 1. The molecular formula is C25H26FN5O4. The van der Waals surface area contributed by atoms with Gasteiger partial charge in [0.05, 0.1) is 25.3 Å². The maximum absolute atomic E-state index is 14.8. The summed E-state index contributed by atoms with van der Waals surface area (Å²) < 4.78 is 25.0.